The van der Waals surface area contributed by atoms with Gasteiger partial charge in [-0.05, 0) is 12.8 Å². The summed E-state index contributed by atoms with van der Waals surface area (Å²) in [4.78, 5) is 12.2. The molecule has 0 aromatic rings. The number of carbonyl (C=O) groups is 1. The quantitative estimate of drug-likeness (QED) is 0.560. The van der Waals surface area contributed by atoms with Crippen LogP contribution in [0, 0.1) is 0 Å². The Kier molecular flexibility index (Phi) is 9.30. The predicted molar refractivity (Wildman–Crippen MR) is 85.8 cm³/mol. The van der Waals surface area contributed by atoms with E-state index in [-0.39, 0.29) is 0 Å². The van der Waals surface area contributed by atoms with Gasteiger partial charge >= 0.3 is 0 Å². The van der Waals surface area contributed by atoms with Crippen molar-refractivity contribution in [3.8, 4) is 0 Å². The van der Waals surface area contributed by atoms with E-state index >= 15 is 0 Å². The molecule has 2 unspecified atom stereocenters. The summed E-state index contributed by atoms with van der Waals surface area (Å²) in [5, 5.41) is 0.876. The van der Waals surface area contributed by atoms with Crippen molar-refractivity contribution in [1.82, 2.24) is 0 Å². The van der Waals surface area contributed by atoms with Gasteiger partial charge in [0.15, 0.2) is 0 Å². The standard InChI is InChI=1S/C15H28OS2/c1-3-5-6-7-8-9-10-13(16)15-14(4-2)17-11-12-18-15/h14-15H,3-12H2,1-2H3. The van der Waals surface area contributed by atoms with Crippen LogP contribution >= 0.6 is 23.5 Å². The molecule has 0 bridgehead atoms. The van der Waals surface area contributed by atoms with E-state index in [1.165, 1.54) is 37.9 Å². The zero-order chi connectivity index (χ0) is 13.2. The molecule has 1 rings (SSSR count). The molecular weight excluding hydrogens is 260 g/mol. The van der Waals surface area contributed by atoms with E-state index < -0.39 is 0 Å². The molecule has 0 N–H and O–H groups in total. The first-order valence-corrected chi connectivity index (χ1v) is 9.65. The first-order valence-electron chi connectivity index (χ1n) is 7.55. The topological polar surface area (TPSA) is 17.1 Å². The number of hydrogen-bond acceptors (Lipinski definition) is 3. The number of ketones is 1. The lowest BCUT2D eigenvalue weighted by atomic mass is 10.0. The van der Waals surface area contributed by atoms with Crippen LogP contribution in [-0.4, -0.2) is 27.8 Å². The summed E-state index contributed by atoms with van der Waals surface area (Å²) in [7, 11) is 0. The third-order valence-electron chi connectivity index (χ3n) is 3.55. The summed E-state index contributed by atoms with van der Waals surface area (Å²) in [5.74, 6) is 2.91. The van der Waals surface area contributed by atoms with Crippen LogP contribution in [-0.2, 0) is 4.79 Å². The molecule has 18 heavy (non-hydrogen) atoms. The largest absolute Gasteiger partial charge is 0.298 e. The van der Waals surface area contributed by atoms with Gasteiger partial charge in [-0.2, -0.15) is 11.8 Å². The van der Waals surface area contributed by atoms with Gasteiger partial charge in [0.05, 0.1) is 5.25 Å². The van der Waals surface area contributed by atoms with Crippen LogP contribution in [0.1, 0.15) is 65.2 Å². The fraction of sp³-hybridized carbons (Fsp3) is 0.933. The lowest BCUT2D eigenvalue weighted by molar-refractivity contribution is -0.118. The van der Waals surface area contributed by atoms with Gasteiger partial charge in [0, 0.05) is 23.2 Å². The Bertz CT molecular complexity index is 231. The fourth-order valence-electron chi connectivity index (χ4n) is 2.42. The molecule has 1 saturated heterocycles. The summed E-state index contributed by atoms with van der Waals surface area (Å²) in [6.07, 6.45) is 9.62. The molecule has 1 nitrogen and oxygen atoms in total. The van der Waals surface area contributed by atoms with Crippen LogP contribution in [0.5, 0.6) is 0 Å². The number of thioether (sulfide) groups is 2. The molecule has 1 aliphatic rings. The molecule has 0 aromatic heterocycles. The van der Waals surface area contributed by atoms with Crippen LogP contribution in [0.2, 0.25) is 0 Å². The van der Waals surface area contributed by atoms with E-state index in [1.54, 1.807) is 0 Å². The molecule has 106 valence electrons. The summed E-state index contributed by atoms with van der Waals surface area (Å²) >= 11 is 3.91. The van der Waals surface area contributed by atoms with E-state index in [2.05, 4.69) is 13.8 Å². The second-order valence-electron chi connectivity index (χ2n) is 5.09. The van der Waals surface area contributed by atoms with Gasteiger partial charge < -0.3 is 0 Å². The molecule has 0 aromatic carbocycles. The van der Waals surface area contributed by atoms with E-state index in [9.17, 15) is 4.79 Å². The van der Waals surface area contributed by atoms with E-state index in [4.69, 9.17) is 0 Å². The van der Waals surface area contributed by atoms with E-state index in [1.807, 2.05) is 23.5 Å². The highest BCUT2D eigenvalue weighted by Crippen LogP contribution is 2.34. The Labute approximate surface area is 121 Å². The molecule has 1 heterocycles. The Morgan fingerprint density at radius 1 is 1.00 bits per heavy atom. The van der Waals surface area contributed by atoms with Gasteiger partial charge in [-0.3, -0.25) is 4.79 Å². The van der Waals surface area contributed by atoms with Crippen molar-refractivity contribution >= 4 is 29.3 Å². The van der Waals surface area contributed by atoms with Crippen molar-refractivity contribution in [3.63, 3.8) is 0 Å². The minimum absolute atomic E-state index is 0.296. The van der Waals surface area contributed by atoms with Gasteiger partial charge in [-0.15, -0.1) is 11.8 Å². The summed E-state index contributed by atoms with van der Waals surface area (Å²) in [6.45, 7) is 4.46. The SMILES string of the molecule is CCCCCCCCC(=O)C1SCCSC1CC. The highest BCUT2D eigenvalue weighted by Gasteiger charge is 2.30. The molecule has 1 aliphatic heterocycles. The summed E-state index contributed by atoms with van der Waals surface area (Å²) in [6, 6.07) is 0. The maximum atomic E-state index is 12.2. The van der Waals surface area contributed by atoms with E-state index in [0.29, 0.717) is 16.3 Å². The molecule has 0 radical (unpaired) electrons. The van der Waals surface area contributed by atoms with Crippen LogP contribution in [0.15, 0.2) is 0 Å². The number of rotatable bonds is 9. The molecule has 3 heteroatoms. The first kappa shape index (κ1) is 16.4. The van der Waals surface area contributed by atoms with Crippen LogP contribution < -0.4 is 0 Å². The number of Topliss-reactive ketones (excluding diaryl/α,β-unsaturated/α-hetero) is 1. The number of carbonyl (C=O) groups excluding carboxylic acids is 1. The van der Waals surface area contributed by atoms with E-state index in [0.717, 1.165) is 25.0 Å². The molecule has 2 atom stereocenters. The summed E-state index contributed by atoms with van der Waals surface area (Å²) < 4.78 is 0. The Morgan fingerprint density at radius 3 is 2.39 bits per heavy atom. The van der Waals surface area contributed by atoms with Gasteiger partial charge in [0.25, 0.3) is 0 Å². The monoisotopic (exact) mass is 288 g/mol. The third-order valence-corrected chi connectivity index (χ3v) is 6.84. The zero-order valence-electron chi connectivity index (χ0n) is 12.0. The maximum absolute atomic E-state index is 12.2. The molecule has 0 saturated carbocycles. The minimum atomic E-state index is 0.296. The lowest BCUT2D eigenvalue weighted by Crippen LogP contribution is -2.32. The second-order valence-corrected chi connectivity index (χ2v) is 7.69. The van der Waals surface area contributed by atoms with Gasteiger partial charge in [0.2, 0.25) is 0 Å². The Morgan fingerprint density at radius 2 is 1.67 bits per heavy atom. The predicted octanol–water partition coefficient (Wildman–Crippen LogP) is 4.93. The van der Waals surface area contributed by atoms with Crippen LogP contribution in [0.4, 0.5) is 0 Å². The van der Waals surface area contributed by atoms with Crippen molar-refractivity contribution in [2.45, 2.75) is 75.7 Å². The second kappa shape index (κ2) is 10.2. The van der Waals surface area contributed by atoms with Gasteiger partial charge in [0.1, 0.15) is 5.78 Å². The fourth-order valence-corrected chi connectivity index (χ4v) is 5.49. The molecule has 0 aliphatic carbocycles. The van der Waals surface area contributed by atoms with Gasteiger partial charge in [-0.25, -0.2) is 0 Å². The maximum Gasteiger partial charge on any atom is 0.146 e. The van der Waals surface area contributed by atoms with Crippen molar-refractivity contribution in [1.29, 1.82) is 0 Å². The molecule has 0 spiro atoms. The normalized spacial score (nSPS) is 24.1. The average molecular weight is 289 g/mol. The zero-order valence-corrected chi connectivity index (χ0v) is 13.6. The third kappa shape index (κ3) is 6.01. The molecule has 1 fully saturated rings. The lowest BCUT2D eigenvalue weighted by Gasteiger charge is -2.28. The van der Waals surface area contributed by atoms with Crippen LogP contribution in [0.25, 0.3) is 0 Å². The molecule has 0 amide bonds. The first-order chi connectivity index (χ1) is 8.79. The van der Waals surface area contributed by atoms with Crippen molar-refractivity contribution in [2.24, 2.45) is 0 Å². The van der Waals surface area contributed by atoms with Crippen LogP contribution in [0.3, 0.4) is 0 Å². The highest BCUT2D eigenvalue weighted by molar-refractivity contribution is 8.07. The minimum Gasteiger partial charge on any atom is -0.298 e. The number of unbranched alkanes of at least 4 members (excludes halogenated alkanes) is 5. The average Bonchev–Trinajstić information content (AvgIpc) is 2.42. The van der Waals surface area contributed by atoms with Gasteiger partial charge in [-0.1, -0.05) is 46.0 Å². The smallest absolute Gasteiger partial charge is 0.146 e. The molecular formula is C15H28OS2. The van der Waals surface area contributed by atoms with Crippen molar-refractivity contribution in [2.75, 3.05) is 11.5 Å². The van der Waals surface area contributed by atoms with Crippen molar-refractivity contribution in [3.05, 3.63) is 0 Å². The Balaban J connectivity index is 2.14. The number of hydrogen-bond donors (Lipinski definition) is 0. The highest BCUT2D eigenvalue weighted by atomic mass is 32.2. The summed E-state index contributed by atoms with van der Waals surface area (Å²) in [5.41, 5.74) is 0. The van der Waals surface area contributed by atoms with Crippen molar-refractivity contribution < 1.29 is 4.79 Å². The Hall–Kier alpha value is 0.370.